The smallest absolute Gasteiger partial charge is 0.189 e. The lowest BCUT2D eigenvalue weighted by molar-refractivity contribution is -0.0171. The highest BCUT2D eigenvalue weighted by molar-refractivity contribution is 7.83. The molecule has 0 bridgehead atoms. The number of aryl methyl sites for hydroxylation is 1. The van der Waals surface area contributed by atoms with E-state index in [2.05, 4.69) is 0 Å². The molecule has 3 rings (SSSR count). The van der Waals surface area contributed by atoms with E-state index in [0.717, 1.165) is 5.56 Å². The van der Waals surface area contributed by atoms with Gasteiger partial charge in [-0.2, -0.15) is 0 Å². The topological polar surface area (TPSA) is 35.5 Å². The number of ether oxygens (including phenoxy) is 2. The summed E-state index contributed by atoms with van der Waals surface area (Å²) < 4.78 is 36.6. The lowest BCUT2D eigenvalue weighted by Gasteiger charge is -2.20. The van der Waals surface area contributed by atoms with Crippen LogP contribution in [0.3, 0.4) is 0 Å². The second-order valence-electron chi connectivity index (χ2n) is 5.38. The summed E-state index contributed by atoms with van der Waals surface area (Å²) in [6.07, 6.45) is 0. The third-order valence-electron chi connectivity index (χ3n) is 3.52. The fourth-order valence-electron chi connectivity index (χ4n) is 2.46. The molecule has 1 heterocycles. The molecule has 0 N–H and O–H groups in total. The van der Waals surface area contributed by atoms with Crippen LogP contribution in [0.4, 0.5) is 4.39 Å². The van der Waals surface area contributed by atoms with Crippen molar-refractivity contribution in [2.24, 2.45) is 0 Å². The Morgan fingerprint density at radius 2 is 1.95 bits per heavy atom. The molecule has 0 radical (unpaired) electrons. The van der Waals surface area contributed by atoms with Crippen molar-refractivity contribution in [2.75, 3.05) is 6.79 Å². The van der Waals surface area contributed by atoms with Gasteiger partial charge in [0.1, 0.15) is 11.6 Å². The monoisotopic (exact) mass is 320 g/mol. The molecule has 1 atom stereocenters. The second-order valence-corrected chi connectivity index (χ2v) is 6.83. The number of fused-ring (bicyclic) bond motifs is 1. The zero-order chi connectivity index (χ0) is 15.5. The highest BCUT2D eigenvalue weighted by Gasteiger charge is 2.18. The van der Waals surface area contributed by atoms with Crippen LogP contribution in [0.15, 0.2) is 36.4 Å². The summed E-state index contributed by atoms with van der Waals surface area (Å²) in [6, 6.07) is 10.7. The SMILES string of the molecule is Cc1ccc(C[S@@](=O)Cc2cc(F)cc3c2OCOC3)cc1. The molecular formula is C17H17FO3S. The number of benzene rings is 2. The molecule has 2 aromatic carbocycles. The predicted molar refractivity (Wildman–Crippen MR) is 83.4 cm³/mol. The van der Waals surface area contributed by atoms with Crippen molar-refractivity contribution in [3.8, 4) is 5.75 Å². The number of rotatable bonds is 4. The molecule has 2 aromatic rings. The Kier molecular flexibility index (Phi) is 4.55. The van der Waals surface area contributed by atoms with E-state index in [1.54, 1.807) is 0 Å². The maximum atomic E-state index is 13.7. The fraction of sp³-hybridized carbons (Fsp3) is 0.294. The first-order valence-corrected chi connectivity index (χ1v) is 8.53. The Balaban J connectivity index is 1.76. The Hall–Kier alpha value is -1.72. The van der Waals surface area contributed by atoms with Gasteiger partial charge in [-0.15, -0.1) is 0 Å². The molecule has 0 spiro atoms. The average Bonchev–Trinajstić information content (AvgIpc) is 2.49. The van der Waals surface area contributed by atoms with E-state index >= 15 is 0 Å². The molecule has 1 aliphatic rings. The van der Waals surface area contributed by atoms with Gasteiger partial charge in [-0.05, 0) is 24.6 Å². The first-order valence-electron chi connectivity index (χ1n) is 7.04. The number of hydrogen-bond donors (Lipinski definition) is 0. The predicted octanol–water partition coefficient (Wildman–Crippen LogP) is 3.45. The van der Waals surface area contributed by atoms with Gasteiger partial charge in [0.25, 0.3) is 0 Å². The highest BCUT2D eigenvalue weighted by Crippen LogP contribution is 2.30. The van der Waals surface area contributed by atoms with Crippen molar-refractivity contribution in [1.29, 1.82) is 0 Å². The molecule has 0 unspecified atom stereocenters. The van der Waals surface area contributed by atoms with Crippen molar-refractivity contribution in [1.82, 2.24) is 0 Å². The zero-order valence-electron chi connectivity index (χ0n) is 12.3. The average molecular weight is 320 g/mol. The minimum Gasteiger partial charge on any atom is -0.467 e. The summed E-state index contributed by atoms with van der Waals surface area (Å²) in [6.45, 7) is 2.49. The Bertz CT molecular complexity index is 698. The first kappa shape index (κ1) is 15.2. The van der Waals surface area contributed by atoms with Crippen LogP contribution in [-0.4, -0.2) is 11.0 Å². The van der Waals surface area contributed by atoms with Crippen LogP contribution in [0.5, 0.6) is 5.75 Å². The summed E-state index contributed by atoms with van der Waals surface area (Å²) in [4.78, 5) is 0. The summed E-state index contributed by atoms with van der Waals surface area (Å²) >= 11 is 0. The Morgan fingerprint density at radius 3 is 2.73 bits per heavy atom. The third kappa shape index (κ3) is 3.54. The van der Waals surface area contributed by atoms with Gasteiger partial charge in [0.2, 0.25) is 0 Å². The molecule has 5 heteroatoms. The Morgan fingerprint density at radius 1 is 1.18 bits per heavy atom. The van der Waals surface area contributed by atoms with Gasteiger partial charge < -0.3 is 9.47 Å². The largest absolute Gasteiger partial charge is 0.467 e. The minimum atomic E-state index is -1.12. The number of halogens is 1. The Labute approximate surface area is 131 Å². The van der Waals surface area contributed by atoms with Crippen molar-refractivity contribution in [3.63, 3.8) is 0 Å². The molecule has 1 aliphatic heterocycles. The standard InChI is InChI=1S/C17H17FO3S/c1-12-2-4-13(5-3-12)9-22(19)10-15-7-16(18)6-14-8-20-11-21-17(14)15/h2-7H,8-11H2,1H3/t22-/m1/s1. The molecular weight excluding hydrogens is 303 g/mol. The first-order chi connectivity index (χ1) is 10.6. The van der Waals surface area contributed by atoms with Gasteiger partial charge in [0.15, 0.2) is 6.79 Å². The van der Waals surface area contributed by atoms with Gasteiger partial charge >= 0.3 is 0 Å². The molecule has 0 amide bonds. The second kappa shape index (κ2) is 6.58. The minimum absolute atomic E-state index is 0.149. The third-order valence-corrected chi connectivity index (χ3v) is 4.80. The summed E-state index contributed by atoms with van der Waals surface area (Å²) in [5.41, 5.74) is 3.50. The van der Waals surface area contributed by atoms with Gasteiger partial charge in [0, 0.05) is 27.7 Å². The van der Waals surface area contributed by atoms with E-state index in [1.165, 1.54) is 17.7 Å². The van der Waals surface area contributed by atoms with Crippen LogP contribution < -0.4 is 4.74 Å². The lowest BCUT2D eigenvalue weighted by atomic mass is 10.1. The number of hydrogen-bond acceptors (Lipinski definition) is 3. The zero-order valence-corrected chi connectivity index (χ0v) is 13.1. The van der Waals surface area contributed by atoms with Crippen LogP contribution in [0.1, 0.15) is 22.3 Å². The van der Waals surface area contributed by atoms with Crippen molar-refractivity contribution >= 4 is 10.8 Å². The van der Waals surface area contributed by atoms with Crippen LogP contribution in [0.2, 0.25) is 0 Å². The summed E-state index contributed by atoms with van der Waals surface area (Å²) in [5, 5.41) is 0. The van der Waals surface area contributed by atoms with Crippen LogP contribution in [0, 0.1) is 12.7 Å². The van der Waals surface area contributed by atoms with Crippen LogP contribution >= 0.6 is 0 Å². The quantitative estimate of drug-likeness (QED) is 0.865. The highest BCUT2D eigenvalue weighted by atomic mass is 32.2. The fourth-order valence-corrected chi connectivity index (χ4v) is 3.69. The summed E-state index contributed by atoms with van der Waals surface area (Å²) in [7, 11) is -1.12. The van der Waals surface area contributed by atoms with E-state index in [-0.39, 0.29) is 18.4 Å². The van der Waals surface area contributed by atoms with E-state index in [0.29, 0.717) is 29.2 Å². The van der Waals surface area contributed by atoms with Crippen LogP contribution in [0.25, 0.3) is 0 Å². The van der Waals surface area contributed by atoms with Crippen molar-refractivity contribution in [2.45, 2.75) is 25.0 Å². The normalized spacial score (nSPS) is 15.0. The lowest BCUT2D eigenvalue weighted by Crippen LogP contribution is -2.14. The van der Waals surface area contributed by atoms with Gasteiger partial charge in [-0.25, -0.2) is 4.39 Å². The molecule has 0 saturated carbocycles. The van der Waals surface area contributed by atoms with Crippen molar-refractivity contribution in [3.05, 3.63) is 64.5 Å². The van der Waals surface area contributed by atoms with E-state index in [4.69, 9.17) is 9.47 Å². The molecule has 0 aromatic heterocycles. The van der Waals surface area contributed by atoms with E-state index < -0.39 is 10.8 Å². The van der Waals surface area contributed by atoms with Gasteiger partial charge in [-0.3, -0.25) is 4.21 Å². The summed E-state index contributed by atoms with van der Waals surface area (Å²) in [5.74, 6) is 0.982. The van der Waals surface area contributed by atoms with Crippen LogP contribution in [-0.2, 0) is 33.6 Å². The molecule has 116 valence electrons. The maximum absolute atomic E-state index is 13.7. The maximum Gasteiger partial charge on any atom is 0.189 e. The molecule has 3 nitrogen and oxygen atoms in total. The van der Waals surface area contributed by atoms with E-state index in [9.17, 15) is 8.60 Å². The molecule has 0 fully saturated rings. The molecule has 0 aliphatic carbocycles. The molecule has 22 heavy (non-hydrogen) atoms. The van der Waals surface area contributed by atoms with Gasteiger partial charge in [0.05, 0.1) is 12.4 Å². The van der Waals surface area contributed by atoms with Crippen molar-refractivity contribution < 1.29 is 18.1 Å². The molecule has 0 saturated heterocycles. The van der Waals surface area contributed by atoms with Gasteiger partial charge in [-0.1, -0.05) is 29.8 Å². The van der Waals surface area contributed by atoms with E-state index in [1.807, 2.05) is 31.2 Å².